The summed E-state index contributed by atoms with van der Waals surface area (Å²) >= 11 is 0. The van der Waals surface area contributed by atoms with Crippen LogP contribution in [0.15, 0.2) is 67.0 Å². The zero-order valence-electron chi connectivity index (χ0n) is 19.5. The number of carbonyl (C=O) groups is 1. The number of aromatic nitrogens is 3. The van der Waals surface area contributed by atoms with Gasteiger partial charge in [0.2, 0.25) is 0 Å². The molecule has 1 unspecified atom stereocenters. The van der Waals surface area contributed by atoms with Crippen molar-refractivity contribution in [2.24, 2.45) is 0 Å². The summed E-state index contributed by atoms with van der Waals surface area (Å²) in [7, 11) is 0. The number of fused-ring (bicyclic) bond motifs is 1. The van der Waals surface area contributed by atoms with Crippen LogP contribution in [0.4, 0.5) is 5.82 Å². The van der Waals surface area contributed by atoms with Crippen molar-refractivity contribution < 1.29 is 9.53 Å². The van der Waals surface area contributed by atoms with Gasteiger partial charge in [0.05, 0.1) is 23.7 Å². The van der Waals surface area contributed by atoms with Crippen molar-refractivity contribution in [1.29, 1.82) is 0 Å². The molecule has 2 heterocycles. The number of nitrogens with one attached hydrogen (secondary N) is 2. The van der Waals surface area contributed by atoms with E-state index in [1.54, 1.807) is 0 Å². The molecule has 7 heteroatoms. The number of nitrogens with zero attached hydrogens (tertiary/aromatic N) is 3. The second-order valence-electron chi connectivity index (χ2n) is 8.65. The molecule has 34 heavy (non-hydrogen) atoms. The van der Waals surface area contributed by atoms with Gasteiger partial charge in [-0.2, -0.15) is 0 Å². The Morgan fingerprint density at radius 3 is 2.59 bits per heavy atom. The van der Waals surface area contributed by atoms with Crippen molar-refractivity contribution in [3.8, 4) is 22.5 Å². The molecule has 5 rings (SSSR count). The molecule has 1 amide bonds. The van der Waals surface area contributed by atoms with Crippen LogP contribution in [0, 0.1) is 0 Å². The molecule has 1 saturated carbocycles. The van der Waals surface area contributed by atoms with Crippen molar-refractivity contribution in [3.63, 3.8) is 0 Å². The van der Waals surface area contributed by atoms with E-state index < -0.39 is 0 Å². The number of anilines is 1. The van der Waals surface area contributed by atoms with E-state index in [1.807, 2.05) is 80.8 Å². The molecule has 2 aromatic carbocycles. The van der Waals surface area contributed by atoms with Gasteiger partial charge < -0.3 is 15.4 Å². The quantitative estimate of drug-likeness (QED) is 0.379. The second-order valence-corrected chi connectivity index (χ2v) is 8.65. The van der Waals surface area contributed by atoms with E-state index in [0.29, 0.717) is 30.6 Å². The Hall–Kier alpha value is -3.71. The molecular formula is C27H29N5O2. The molecule has 4 aromatic rings. The fourth-order valence-electron chi connectivity index (χ4n) is 3.94. The van der Waals surface area contributed by atoms with E-state index in [9.17, 15) is 4.79 Å². The largest absolute Gasteiger partial charge is 0.377 e. The molecule has 0 radical (unpaired) electrons. The minimum Gasteiger partial charge on any atom is -0.377 e. The Morgan fingerprint density at radius 1 is 1.12 bits per heavy atom. The maximum Gasteiger partial charge on any atom is 0.251 e. The van der Waals surface area contributed by atoms with Gasteiger partial charge in [-0.25, -0.2) is 9.97 Å². The third kappa shape index (κ3) is 4.79. The molecule has 0 aliphatic heterocycles. The summed E-state index contributed by atoms with van der Waals surface area (Å²) in [4.78, 5) is 21.9. The van der Waals surface area contributed by atoms with Gasteiger partial charge >= 0.3 is 0 Å². The van der Waals surface area contributed by atoms with Crippen LogP contribution in [0.3, 0.4) is 0 Å². The fraction of sp³-hybridized carbons (Fsp3) is 0.296. The van der Waals surface area contributed by atoms with E-state index in [1.165, 1.54) is 0 Å². The number of benzene rings is 2. The van der Waals surface area contributed by atoms with E-state index in [-0.39, 0.29) is 12.0 Å². The normalized spacial score (nSPS) is 14.2. The van der Waals surface area contributed by atoms with Crippen LogP contribution in [0.2, 0.25) is 0 Å². The highest BCUT2D eigenvalue weighted by Gasteiger charge is 2.23. The van der Waals surface area contributed by atoms with Crippen LogP contribution in [-0.2, 0) is 4.74 Å². The van der Waals surface area contributed by atoms with Gasteiger partial charge in [0.1, 0.15) is 0 Å². The van der Waals surface area contributed by atoms with Crippen LogP contribution < -0.4 is 10.6 Å². The lowest BCUT2D eigenvalue weighted by atomic mass is 10.1. The molecule has 1 aliphatic carbocycles. The van der Waals surface area contributed by atoms with Crippen molar-refractivity contribution in [2.75, 3.05) is 18.5 Å². The van der Waals surface area contributed by atoms with Crippen molar-refractivity contribution in [3.05, 3.63) is 72.6 Å². The average molecular weight is 456 g/mol. The molecule has 0 bridgehead atoms. The Labute approximate surface area is 199 Å². The number of rotatable bonds is 9. The van der Waals surface area contributed by atoms with Crippen molar-refractivity contribution in [2.45, 2.75) is 38.8 Å². The molecule has 0 saturated heterocycles. The van der Waals surface area contributed by atoms with Gasteiger partial charge in [-0.05, 0) is 38.8 Å². The fourth-order valence-corrected chi connectivity index (χ4v) is 3.94. The molecule has 1 aliphatic rings. The van der Waals surface area contributed by atoms with Crippen molar-refractivity contribution >= 4 is 17.4 Å². The predicted molar refractivity (Wildman–Crippen MR) is 134 cm³/mol. The van der Waals surface area contributed by atoms with Crippen LogP contribution in [0.25, 0.3) is 28.2 Å². The minimum absolute atomic E-state index is 0.0161. The lowest BCUT2D eigenvalue weighted by Gasteiger charge is -2.15. The molecule has 0 spiro atoms. The third-order valence-electron chi connectivity index (χ3n) is 5.93. The third-order valence-corrected chi connectivity index (χ3v) is 5.93. The van der Waals surface area contributed by atoms with Crippen LogP contribution in [0.5, 0.6) is 0 Å². The number of carbonyl (C=O) groups excluding carboxylic acids is 1. The Bertz CT molecular complexity index is 1280. The Balaban J connectivity index is 1.51. The molecule has 7 nitrogen and oxygen atoms in total. The summed E-state index contributed by atoms with van der Waals surface area (Å²) in [6.45, 7) is 5.32. The van der Waals surface area contributed by atoms with E-state index >= 15 is 0 Å². The molecule has 174 valence electrons. The van der Waals surface area contributed by atoms with Crippen LogP contribution >= 0.6 is 0 Å². The predicted octanol–water partition coefficient (Wildman–Crippen LogP) is 4.79. The summed E-state index contributed by atoms with van der Waals surface area (Å²) in [6.07, 6.45) is 6.06. The molecule has 1 fully saturated rings. The zero-order chi connectivity index (χ0) is 23.5. The lowest BCUT2D eigenvalue weighted by molar-refractivity contribution is 0.0855. The summed E-state index contributed by atoms with van der Waals surface area (Å²) < 4.78 is 7.73. The van der Waals surface area contributed by atoms with Gasteiger partial charge in [0, 0.05) is 42.1 Å². The SMILES string of the molecule is CCOC(C)CNc1nc(-c2ccccc2)cn2c(-c3ccc(C(=O)NC4CC4)cc3)cnc12. The first-order valence-corrected chi connectivity index (χ1v) is 11.8. The summed E-state index contributed by atoms with van der Waals surface area (Å²) in [5.74, 6) is 0.692. The smallest absolute Gasteiger partial charge is 0.251 e. The van der Waals surface area contributed by atoms with Gasteiger partial charge in [-0.3, -0.25) is 9.20 Å². The molecule has 1 atom stereocenters. The van der Waals surface area contributed by atoms with Gasteiger partial charge in [-0.15, -0.1) is 0 Å². The summed E-state index contributed by atoms with van der Waals surface area (Å²) in [6, 6.07) is 18.1. The first-order valence-electron chi connectivity index (χ1n) is 11.8. The highest BCUT2D eigenvalue weighted by atomic mass is 16.5. The number of amides is 1. The van der Waals surface area contributed by atoms with Gasteiger partial charge in [-0.1, -0.05) is 42.5 Å². The van der Waals surface area contributed by atoms with Crippen molar-refractivity contribution in [1.82, 2.24) is 19.7 Å². The van der Waals surface area contributed by atoms with Gasteiger partial charge in [0.25, 0.3) is 5.91 Å². The molecule has 2 aromatic heterocycles. The monoisotopic (exact) mass is 455 g/mol. The number of hydrogen-bond acceptors (Lipinski definition) is 5. The average Bonchev–Trinajstić information content (AvgIpc) is 3.58. The first-order chi connectivity index (χ1) is 16.6. The minimum atomic E-state index is -0.0161. The first kappa shape index (κ1) is 22.1. The topological polar surface area (TPSA) is 80.5 Å². The standard InChI is InChI=1S/C27H29N5O2/c1-3-34-18(2)15-28-25-26-29-16-24(32(26)17-23(31-25)19-7-5-4-6-8-19)20-9-11-21(12-10-20)27(33)30-22-13-14-22/h4-12,16-18,22H,3,13-15H2,1-2H3,(H,28,31)(H,30,33). The van der Waals surface area contributed by atoms with E-state index in [4.69, 9.17) is 9.72 Å². The zero-order valence-corrected chi connectivity index (χ0v) is 19.5. The second kappa shape index (κ2) is 9.65. The number of imidazole rings is 1. The Morgan fingerprint density at radius 2 is 1.88 bits per heavy atom. The highest BCUT2D eigenvalue weighted by Crippen LogP contribution is 2.28. The summed E-state index contributed by atoms with van der Waals surface area (Å²) in [5, 5.41) is 6.46. The number of hydrogen-bond donors (Lipinski definition) is 2. The maximum atomic E-state index is 12.4. The maximum absolute atomic E-state index is 12.4. The van der Waals surface area contributed by atoms with Crippen LogP contribution in [-0.4, -0.2) is 45.6 Å². The highest BCUT2D eigenvalue weighted by molar-refractivity contribution is 5.95. The number of ether oxygens (including phenoxy) is 1. The van der Waals surface area contributed by atoms with E-state index in [2.05, 4.69) is 20.0 Å². The Kier molecular flexibility index (Phi) is 6.27. The lowest BCUT2D eigenvalue weighted by Crippen LogP contribution is -2.25. The van der Waals surface area contributed by atoms with Gasteiger partial charge in [0.15, 0.2) is 11.5 Å². The molecular weight excluding hydrogens is 426 g/mol. The molecule has 2 N–H and O–H groups in total. The van der Waals surface area contributed by atoms with Crippen LogP contribution in [0.1, 0.15) is 37.0 Å². The summed E-state index contributed by atoms with van der Waals surface area (Å²) in [5.41, 5.74) is 5.20. The van der Waals surface area contributed by atoms with E-state index in [0.717, 1.165) is 41.0 Å².